The number of anilines is 1. The third kappa shape index (κ3) is 3.66. The van der Waals surface area contributed by atoms with Crippen LogP contribution in [-0.4, -0.2) is 37.3 Å². The van der Waals surface area contributed by atoms with Gasteiger partial charge in [-0.05, 0) is 59.5 Å². The Hall–Kier alpha value is -1.96. The standard InChI is InChI=1S/C21H21BrN2O3S/c1-13-9-10-17(26-2)18-19(13)28-21(23-18)24(12-14-6-5-11-27-14)20(25)15-7-3-4-8-16(15)22/h3-4,7-10,14H,5-6,11-12H2,1-2H3. The lowest BCUT2D eigenvalue weighted by molar-refractivity contribution is 0.0917. The van der Waals surface area contributed by atoms with Crippen LogP contribution in [0.1, 0.15) is 28.8 Å². The number of hydrogen-bond donors (Lipinski definition) is 0. The van der Waals surface area contributed by atoms with Crippen molar-refractivity contribution in [3.05, 3.63) is 52.0 Å². The number of amides is 1. The van der Waals surface area contributed by atoms with E-state index in [4.69, 9.17) is 14.5 Å². The number of methoxy groups -OCH3 is 1. The van der Waals surface area contributed by atoms with E-state index in [1.807, 2.05) is 43.3 Å². The van der Waals surface area contributed by atoms with Gasteiger partial charge in [-0.1, -0.05) is 29.5 Å². The largest absolute Gasteiger partial charge is 0.494 e. The summed E-state index contributed by atoms with van der Waals surface area (Å²) in [6, 6.07) is 11.4. The van der Waals surface area contributed by atoms with Gasteiger partial charge in [0.25, 0.3) is 5.91 Å². The van der Waals surface area contributed by atoms with E-state index in [-0.39, 0.29) is 12.0 Å². The number of carbonyl (C=O) groups is 1. The van der Waals surface area contributed by atoms with Crippen molar-refractivity contribution in [3.8, 4) is 5.75 Å². The zero-order chi connectivity index (χ0) is 19.7. The molecule has 2 aromatic carbocycles. The number of ether oxygens (including phenoxy) is 2. The van der Waals surface area contributed by atoms with Crippen molar-refractivity contribution in [2.24, 2.45) is 0 Å². The first-order valence-electron chi connectivity index (χ1n) is 9.20. The molecule has 1 fully saturated rings. The van der Waals surface area contributed by atoms with E-state index in [9.17, 15) is 4.79 Å². The molecule has 1 aliphatic rings. The van der Waals surface area contributed by atoms with Gasteiger partial charge >= 0.3 is 0 Å². The maximum absolute atomic E-state index is 13.4. The van der Waals surface area contributed by atoms with Crippen LogP contribution in [0.4, 0.5) is 5.13 Å². The Kier molecular flexibility index (Phi) is 5.66. The van der Waals surface area contributed by atoms with E-state index in [1.165, 1.54) is 11.3 Å². The van der Waals surface area contributed by atoms with Crippen LogP contribution in [0.2, 0.25) is 0 Å². The Labute approximate surface area is 176 Å². The molecule has 0 spiro atoms. The fourth-order valence-corrected chi connectivity index (χ4v) is 4.91. The van der Waals surface area contributed by atoms with Crippen LogP contribution < -0.4 is 9.64 Å². The van der Waals surface area contributed by atoms with Crippen LogP contribution in [0.15, 0.2) is 40.9 Å². The summed E-state index contributed by atoms with van der Waals surface area (Å²) < 4.78 is 13.1. The second-order valence-corrected chi connectivity index (χ2v) is 8.62. The average Bonchev–Trinajstić information content (AvgIpc) is 3.36. The van der Waals surface area contributed by atoms with Crippen molar-refractivity contribution >= 4 is 48.5 Å². The average molecular weight is 461 g/mol. The quantitative estimate of drug-likeness (QED) is 0.524. The van der Waals surface area contributed by atoms with E-state index < -0.39 is 0 Å². The topological polar surface area (TPSA) is 51.7 Å². The molecule has 1 atom stereocenters. The highest BCUT2D eigenvalue weighted by atomic mass is 79.9. The minimum atomic E-state index is -0.0846. The molecule has 0 N–H and O–H groups in total. The summed E-state index contributed by atoms with van der Waals surface area (Å²) in [4.78, 5) is 20.0. The number of halogens is 1. The molecule has 5 nitrogen and oxygen atoms in total. The predicted molar refractivity (Wildman–Crippen MR) is 116 cm³/mol. The fourth-order valence-electron chi connectivity index (χ4n) is 3.40. The molecule has 0 aliphatic carbocycles. The van der Waals surface area contributed by atoms with Crippen molar-refractivity contribution in [2.45, 2.75) is 25.9 Å². The van der Waals surface area contributed by atoms with Crippen LogP contribution in [0.25, 0.3) is 10.2 Å². The smallest absolute Gasteiger partial charge is 0.261 e. The zero-order valence-corrected chi connectivity index (χ0v) is 18.2. The number of nitrogens with zero attached hydrogens (tertiary/aromatic N) is 2. The minimum Gasteiger partial charge on any atom is -0.494 e. The van der Waals surface area contributed by atoms with Crippen molar-refractivity contribution in [1.82, 2.24) is 4.98 Å². The van der Waals surface area contributed by atoms with Gasteiger partial charge in [-0.25, -0.2) is 4.98 Å². The first-order chi connectivity index (χ1) is 13.6. The first kappa shape index (κ1) is 19.4. The molecule has 1 aliphatic heterocycles. The molecule has 0 saturated carbocycles. The monoisotopic (exact) mass is 460 g/mol. The number of benzene rings is 2. The summed E-state index contributed by atoms with van der Waals surface area (Å²) >= 11 is 5.02. The number of thiazole rings is 1. The molecule has 2 heterocycles. The molecule has 0 radical (unpaired) electrons. The lowest BCUT2D eigenvalue weighted by Gasteiger charge is -2.23. The zero-order valence-electron chi connectivity index (χ0n) is 15.8. The number of carbonyl (C=O) groups excluding carboxylic acids is 1. The Bertz CT molecular complexity index is 1010. The molecule has 3 aromatic rings. The molecule has 4 rings (SSSR count). The lowest BCUT2D eigenvalue weighted by Crippen LogP contribution is -2.37. The molecule has 28 heavy (non-hydrogen) atoms. The predicted octanol–water partition coefficient (Wildman–Crippen LogP) is 5.20. The first-order valence-corrected chi connectivity index (χ1v) is 10.8. The van der Waals surface area contributed by atoms with Gasteiger partial charge in [0.05, 0.1) is 30.0 Å². The molecule has 1 unspecified atom stereocenters. The van der Waals surface area contributed by atoms with Gasteiger partial charge in [0.15, 0.2) is 5.13 Å². The van der Waals surface area contributed by atoms with Gasteiger partial charge in [-0.2, -0.15) is 0 Å². The highest BCUT2D eigenvalue weighted by molar-refractivity contribution is 9.10. The van der Waals surface area contributed by atoms with Crippen molar-refractivity contribution in [1.29, 1.82) is 0 Å². The van der Waals surface area contributed by atoms with Gasteiger partial charge in [0.2, 0.25) is 0 Å². The van der Waals surface area contributed by atoms with Gasteiger partial charge in [0.1, 0.15) is 11.3 Å². The Morgan fingerprint density at radius 1 is 1.36 bits per heavy atom. The van der Waals surface area contributed by atoms with Crippen LogP contribution in [-0.2, 0) is 4.74 Å². The SMILES string of the molecule is COc1ccc(C)c2sc(N(CC3CCCO3)C(=O)c3ccccc3Br)nc12. The maximum Gasteiger partial charge on any atom is 0.261 e. The van der Waals surface area contributed by atoms with E-state index in [0.717, 1.165) is 39.7 Å². The second kappa shape index (κ2) is 8.19. The number of aryl methyl sites for hydroxylation is 1. The van der Waals surface area contributed by atoms with Gasteiger partial charge in [-0.3, -0.25) is 9.69 Å². The van der Waals surface area contributed by atoms with Gasteiger partial charge in [-0.15, -0.1) is 0 Å². The number of hydrogen-bond acceptors (Lipinski definition) is 5. The van der Waals surface area contributed by atoms with Crippen molar-refractivity contribution in [3.63, 3.8) is 0 Å². The third-order valence-electron chi connectivity index (χ3n) is 4.90. The number of aromatic nitrogens is 1. The third-order valence-corrected chi connectivity index (χ3v) is 6.81. The highest BCUT2D eigenvalue weighted by Gasteiger charge is 2.28. The van der Waals surface area contributed by atoms with Crippen LogP contribution in [0, 0.1) is 6.92 Å². The van der Waals surface area contributed by atoms with E-state index in [0.29, 0.717) is 23.0 Å². The molecule has 0 bridgehead atoms. The van der Waals surface area contributed by atoms with Crippen molar-refractivity contribution in [2.75, 3.05) is 25.2 Å². The molecule has 1 saturated heterocycles. The van der Waals surface area contributed by atoms with Gasteiger partial charge < -0.3 is 9.47 Å². The highest BCUT2D eigenvalue weighted by Crippen LogP contribution is 2.37. The molecular formula is C21H21BrN2O3S. The Morgan fingerprint density at radius 3 is 2.89 bits per heavy atom. The minimum absolute atomic E-state index is 0.0291. The molecule has 7 heteroatoms. The van der Waals surface area contributed by atoms with Crippen LogP contribution in [0.5, 0.6) is 5.75 Å². The normalized spacial score (nSPS) is 16.5. The Morgan fingerprint density at radius 2 is 2.18 bits per heavy atom. The van der Waals surface area contributed by atoms with Crippen LogP contribution in [0.3, 0.4) is 0 Å². The summed E-state index contributed by atoms with van der Waals surface area (Å²) in [5, 5.41) is 0.666. The summed E-state index contributed by atoms with van der Waals surface area (Å²) in [7, 11) is 1.64. The number of fused-ring (bicyclic) bond motifs is 1. The molecule has 1 aromatic heterocycles. The number of rotatable bonds is 5. The summed E-state index contributed by atoms with van der Waals surface area (Å²) in [6.07, 6.45) is 2.00. The molecule has 146 valence electrons. The maximum atomic E-state index is 13.4. The van der Waals surface area contributed by atoms with E-state index >= 15 is 0 Å². The lowest BCUT2D eigenvalue weighted by atomic mass is 10.2. The summed E-state index contributed by atoms with van der Waals surface area (Å²) in [6.45, 7) is 3.28. The summed E-state index contributed by atoms with van der Waals surface area (Å²) in [5.74, 6) is 0.632. The van der Waals surface area contributed by atoms with E-state index in [2.05, 4.69) is 15.9 Å². The van der Waals surface area contributed by atoms with E-state index in [1.54, 1.807) is 12.0 Å². The van der Waals surface area contributed by atoms with Crippen molar-refractivity contribution < 1.29 is 14.3 Å². The van der Waals surface area contributed by atoms with Crippen LogP contribution >= 0.6 is 27.3 Å². The fraction of sp³-hybridized carbons (Fsp3) is 0.333. The molecular weight excluding hydrogens is 440 g/mol. The Balaban J connectivity index is 1.79. The summed E-state index contributed by atoms with van der Waals surface area (Å²) in [5.41, 5.74) is 2.52. The second-order valence-electron chi connectivity index (χ2n) is 6.79. The molecule has 1 amide bonds. The van der Waals surface area contributed by atoms with Gasteiger partial charge in [0, 0.05) is 11.1 Å².